The van der Waals surface area contributed by atoms with Gasteiger partial charge in [0.15, 0.2) is 5.78 Å². The molecule has 1 atom stereocenters. The molecule has 1 aliphatic carbocycles. The minimum Gasteiger partial charge on any atom is -0.384 e. The fraction of sp³-hybridized carbons (Fsp3) is 0.273. The molecule has 0 bridgehead atoms. The summed E-state index contributed by atoms with van der Waals surface area (Å²) in [7, 11) is 0. The average molecular weight is 634 g/mol. The standard InChI is InChI=1S/C33H30Cl2N4O3S/c1-18-11-19(2)24(12-20(18)17-43-23-8-5-21(34)6-9-23)30-25(16-36)32(37)38(27-13-22(39(41)42)7-10-26(27)35)28-14-33(3,4)15-29(40)31(28)30/h5-13,30H,14-15,17,37H2,1-4H3. The highest BCUT2D eigenvalue weighted by atomic mass is 35.5. The van der Waals surface area contributed by atoms with E-state index in [9.17, 15) is 20.2 Å². The Labute approximate surface area is 265 Å². The van der Waals surface area contributed by atoms with Gasteiger partial charge < -0.3 is 5.73 Å². The van der Waals surface area contributed by atoms with E-state index in [1.807, 2.05) is 45.0 Å². The van der Waals surface area contributed by atoms with Crippen LogP contribution in [0.3, 0.4) is 0 Å². The third kappa shape index (κ3) is 5.90. The summed E-state index contributed by atoms with van der Waals surface area (Å²) < 4.78 is 0. The van der Waals surface area contributed by atoms with Gasteiger partial charge in [-0.1, -0.05) is 49.2 Å². The van der Waals surface area contributed by atoms with E-state index in [0.29, 0.717) is 34.9 Å². The zero-order valence-electron chi connectivity index (χ0n) is 24.2. The van der Waals surface area contributed by atoms with E-state index in [0.717, 1.165) is 27.1 Å². The van der Waals surface area contributed by atoms with Crippen molar-refractivity contribution in [2.45, 2.75) is 57.1 Å². The van der Waals surface area contributed by atoms with Crippen LogP contribution < -0.4 is 10.6 Å². The van der Waals surface area contributed by atoms with Gasteiger partial charge in [-0.25, -0.2) is 0 Å². The lowest BCUT2D eigenvalue weighted by atomic mass is 9.68. The predicted molar refractivity (Wildman–Crippen MR) is 172 cm³/mol. The van der Waals surface area contributed by atoms with Gasteiger partial charge in [0.25, 0.3) is 5.69 Å². The monoisotopic (exact) mass is 632 g/mol. The Balaban J connectivity index is 1.69. The van der Waals surface area contributed by atoms with Gasteiger partial charge in [0, 0.05) is 45.5 Å². The first kappa shape index (κ1) is 30.7. The van der Waals surface area contributed by atoms with Crippen LogP contribution in [0.5, 0.6) is 0 Å². The Morgan fingerprint density at radius 1 is 1.09 bits per heavy atom. The number of nitriles is 1. The number of thioether (sulfide) groups is 1. The fourth-order valence-electron chi connectivity index (χ4n) is 5.96. The number of ketones is 1. The molecule has 2 aliphatic rings. The molecule has 10 heteroatoms. The number of carbonyl (C=O) groups excluding carboxylic acids is 1. The first-order valence-electron chi connectivity index (χ1n) is 13.7. The summed E-state index contributed by atoms with van der Waals surface area (Å²) in [6.45, 7) is 8.03. The molecule has 220 valence electrons. The number of nitro groups is 1. The third-order valence-electron chi connectivity index (χ3n) is 8.01. The number of rotatable bonds is 6. The van der Waals surface area contributed by atoms with Crippen LogP contribution >= 0.6 is 35.0 Å². The average Bonchev–Trinajstić information content (AvgIpc) is 2.93. The number of aryl methyl sites for hydroxylation is 2. The molecule has 0 aromatic heterocycles. The number of nitrogens with zero attached hydrogens (tertiary/aromatic N) is 3. The number of benzene rings is 3. The van der Waals surface area contributed by atoms with E-state index >= 15 is 0 Å². The molecule has 0 spiro atoms. The molecule has 0 radical (unpaired) electrons. The molecular formula is C33H30Cl2N4O3S. The van der Waals surface area contributed by atoms with Crippen molar-refractivity contribution in [3.05, 3.63) is 120 Å². The molecule has 1 aliphatic heterocycles. The maximum atomic E-state index is 14.0. The topological polar surface area (TPSA) is 113 Å². The first-order chi connectivity index (χ1) is 20.3. The van der Waals surface area contributed by atoms with Crippen LogP contribution in [-0.2, 0) is 10.5 Å². The molecule has 1 unspecified atom stereocenters. The highest BCUT2D eigenvalue weighted by Gasteiger charge is 2.45. The Morgan fingerprint density at radius 3 is 2.44 bits per heavy atom. The fourth-order valence-corrected chi connectivity index (χ4v) is 7.25. The highest BCUT2D eigenvalue weighted by Crippen LogP contribution is 2.52. The van der Waals surface area contributed by atoms with Crippen molar-refractivity contribution in [3.8, 4) is 6.07 Å². The molecule has 0 saturated heterocycles. The number of hydrogen-bond donors (Lipinski definition) is 1. The van der Waals surface area contributed by atoms with Gasteiger partial charge in [-0.15, -0.1) is 11.8 Å². The second-order valence-corrected chi connectivity index (χ2v) is 13.6. The van der Waals surface area contributed by atoms with Gasteiger partial charge in [0.05, 0.1) is 33.2 Å². The van der Waals surface area contributed by atoms with E-state index < -0.39 is 16.3 Å². The zero-order valence-corrected chi connectivity index (χ0v) is 26.5. The van der Waals surface area contributed by atoms with Crippen LogP contribution in [0.1, 0.15) is 54.9 Å². The molecule has 7 nitrogen and oxygen atoms in total. The van der Waals surface area contributed by atoms with Gasteiger partial charge >= 0.3 is 0 Å². The van der Waals surface area contributed by atoms with Crippen molar-refractivity contribution in [1.82, 2.24) is 0 Å². The second-order valence-electron chi connectivity index (χ2n) is 11.8. The van der Waals surface area contributed by atoms with Crippen molar-refractivity contribution in [2.75, 3.05) is 4.90 Å². The van der Waals surface area contributed by atoms with Crippen molar-refractivity contribution < 1.29 is 9.72 Å². The summed E-state index contributed by atoms with van der Waals surface area (Å²) in [6, 6.07) is 18.2. The van der Waals surface area contributed by atoms with Gasteiger partial charge in [-0.2, -0.15) is 5.26 Å². The number of carbonyl (C=O) groups is 1. The van der Waals surface area contributed by atoms with E-state index in [1.165, 1.54) is 18.2 Å². The summed E-state index contributed by atoms with van der Waals surface area (Å²) >= 11 is 14.3. The van der Waals surface area contributed by atoms with Gasteiger partial charge in [-0.05, 0) is 78.3 Å². The predicted octanol–water partition coefficient (Wildman–Crippen LogP) is 8.75. The summed E-state index contributed by atoms with van der Waals surface area (Å²) in [5.74, 6) is 0.0187. The number of halogens is 2. The Kier molecular flexibility index (Phi) is 8.36. The molecule has 5 rings (SSSR count). The first-order valence-corrected chi connectivity index (χ1v) is 15.4. The van der Waals surface area contributed by atoms with Crippen molar-refractivity contribution in [2.24, 2.45) is 11.1 Å². The minimum atomic E-state index is -0.683. The van der Waals surface area contributed by atoms with Gasteiger partial charge in [-0.3, -0.25) is 19.8 Å². The number of nitro benzene ring substituents is 1. The molecule has 2 N–H and O–H groups in total. The molecule has 43 heavy (non-hydrogen) atoms. The molecular weight excluding hydrogens is 603 g/mol. The summed E-state index contributed by atoms with van der Waals surface area (Å²) in [5, 5.41) is 23.1. The maximum absolute atomic E-state index is 14.0. The lowest BCUT2D eigenvalue weighted by molar-refractivity contribution is -0.384. The second kappa shape index (κ2) is 11.7. The zero-order chi connectivity index (χ0) is 31.2. The molecule has 3 aromatic carbocycles. The maximum Gasteiger partial charge on any atom is 0.271 e. The van der Waals surface area contributed by atoms with Crippen LogP contribution in [0.15, 0.2) is 82.2 Å². The van der Waals surface area contributed by atoms with E-state index in [-0.39, 0.29) is 33.6 Å². The van der Waals surface area contributed by atoms with Crippen LogP contribution in [0.4, 0.5) is 11.4 Å². The SMILES string of the molecule is Cc1cc(C)c(C2C(C#N)=C(N)N(c3cc([N+](=O)[O-])ccc3Cl)C3=C2C(=O)CC(C)(C)C3)cc1CSc1ccc(Cl)cc1. The smallest absolute Gasteiger partial charge is 0.271 e. The molecule has 1 heterocycles. The molecule has 0 saturated carbocycles. The third-order valence-corrected chi connectivity index (χ3v) is 9.64. The lowest BCUT2D eigenvalue weighted by Gasteiger charge is -2.44. The van der Waals surface area contributed by atoms with E-state index in [4.69, 9.17) is 28.9 Å². The van der Waals surface area contributed by atoms with Gasteiger partial charge in [0.2, 0.25) is 0 Å². The van der Waals surface area contributed by atoms with Crippen LogP contribution in [0.25, 0.3) is 0 Å². The van der Waals surface area contributed by atoms with Crippen molar-refractivity contribution in [3.63, 3.8) is 0 Å². The number of non-ortho nitro benzene ring substituents is 1. The number of allylic oxidation sites excluding steroid dienone is 3. The summed E-state index contributed by atoms with van der Waals surface area (Å²) in [4.78, 5) is 27.8. The normalized spacial score (nSPS) is 18.0. The van der Waals surface area contributed by atoms with Crippen molar-refractivity contribution in [1.29, 1.82) is 5.26 Å². The Morgan fingerprint density at radius 2 is 1.79 bits per heavy atom. The quantitative estimate of drug-likeness (QED) is 0.164. The Hall–Kier alpha value is -3.77. The molecule has 0 fully saturated rings. The van der Waals surface area contributed by atoms with Crippen molar-refractivity contribution >= 4 is 52.1 Å². The lowest BCUT2D eigenvalue weighted by Crippen LogP contribution is -2.42. The number of Topliss-reactive ketones (excluding diaryl/α,β-unsaturated/α-hetero) is 1. The number of anilines is 1. The van der Waals surface area contributed by atoms with Crippen LogP contribution in [0.2, 0.25) is 10.0 Å². The summed E-state index contributed by atoms with van der Waals surface area (Å²) in [6.07, 6.45) is 0.759. The van der Waals surface area contributed by atoms with Gasteiger partial charge in [0.1, 0.15) is 5.82 Å². The number of hydrogen-bond acceptors (Lipinski definition) is 7. The summed E-state index contributed by atoms with van der Waals surface area (Å²) in [5.41, 5.74) is 11.7. The van der Waals surface area contributed by atoms with Crippen LogP contribution in [0, 0.1) is 40.7 Å². The largest absolute Gasteiger partial charge is 0.384 e. The van der Waals surface area contributed by atoms with Crippen LogP contribution in [-0.4, -0.2) is 10.7 Å². The number of nitrogens with two attached hydrogens (primary N) is 1. The Bertz CT molecular complexity index is 1770. The van der Waals surface area contributed by atoms with E-state index in [1.54, 1.807) is 16.7 Å². The molecule has 0 amide bonds. The van der Waals surface area contributed by atoms with E-state index in [2.05, 4.69) is 25.1 Å². The highest BCUT2D eigenvalue weighted by molar-refractivity contribution is 7.98. The molecule has 3 aromatic rings. The minimum absolute atomic E-state index is 0.0832.